The van der Waals surface area contributed by atoms with Crippen LogP contribution in [0.25, 0.3) is 0 Å². The molecule has 0 aromatic heterocycles. The molecule has 0 radical (unpaired) electrons. The summed E-state index contributed by atoms with van der Waals surface area (Å²) in [5, 5.41) is 2.83. The van der Waals surface area contributed by atoms with Crippen molar-refractivity contribution >= 4 is 29.1 Å². The number of anilines is 2. The molecule has 3 amide bonds. The minimum Gasteiger partial charge on any atom is -0.342 e. The first-order valence-electron chi connectivity index (χ1n) is 11.5. The molecule has 1 unspecified atom stereocenters. The number of likely N-dealkylation sites (tertiary alicyclic amines) is 1. The molecule has 0 spiro atoms. The van der Waals surface area contributed by atoms with Gasteiger partial charge in [0.25, 0.3) is 0 Å². The second-order valence-electron chi connectivity index (χ2n) is 8.77. The standard InChI is InChI=1S/C23H33N5O3/c1-18(23(31)28-16-21(29)24-19-8-4-5-9-20(19)28)26-14-12-25(13-15-26)17-22(30)27-10-6-2-3-7-11-27/h4-5,8-9,18H,2-3,6-7,10-17H2,1H3,(H,24,29). The summed E-state index contributed by atoms with van der Waals surface area (Å²) in [6.07, 6.45) is 4.66. The number of amides is 3. The van der Waals surface area contributed by atoms with Gasteiger partial charge in [0.1, 0.15) is 6.54 Å². The summed E-state index contributed by atoms with van der Waals surface area (Å²) in [6, 6.07) is 7.09. The molecule has 3 aliphatic heterocycles. The molecule has 1 aromatic carbocycles. The van der Waals surface area contributed by atoms with Crippen molar-refractivity contribution < 1.29 is 14.4 Å². The van der Waals surface area contributed by atoms with Crippen LogP contribution in [0.5, 0.6) is 0 Å². The molecule has 8 heteroatoms. The van der Waals surface area contributed by atoms with Gasteiger partial charge in [0.2, 0.25) is 17.7 Å². The van der Waals surface area contributed by atoms with Crippen LogP contribution in [0.2, 0.25) is 0 Å². The van der Waals surface area contributed by atoms with Gasteiger partial charge in [-0.25, -0.2) is 0 Å². The van der Waals surface area contributed by atoms with Crippen LogP contribution in [-0.4, -0.2) is 90.8 Å². The summed E-state index contributed by atoms with van der Waals surface area (Å²) >= 11 is 0. The molecule has 0 bridgehead atoms. The number of fused-ring (bicyclic) bond motifs is 1. The van der Waals surface area contributed by atoms with E-state index in [-0.39, 0.29) is 30.3 Å². The Hall–Kier alpha value is -2.45. The molecule has 168 valence electrons. The largest absolute Gasteiger partial charge is 0.342 e. The Balaban J connectivity index is 1.31. The molecule has 2 saturated heterocycles. The van der Waals surface area contributed by atoms with Gasteiger partial charge in [0, 0.05) is 39.3 Å². The van der Waals surface area contributed by atoms with Crippen LogP contribution in [0.3, 0.4) is 0 Å². The fourth-order valence-electron chi connectivity index (χ4n) is 4.73. The quantitative estimate of drug-likeness (QED) is 0.786. The van der Waals surface area contributed by atoms with Crippen molar-refractivity contribution in [1.82, 2.24) is 14.7 Å². The monoisotopic (exact) mass is 427 g/mol. The average Bonchev–Trinajstić information content (AvgIpc) is 3.08. The minimum atomic E-state index is -0.317. The molecule has 3 heterocycles. The van der Waals surface area contributed by atoms with Crippen LogP contribution in [0.4, 0.5) is 11.4 Å². The van der Waals surface area contributed by atoms with Crippen molar-refractivity contribution in [1.29, 1.82) is 0 Å². The summed E-state index contributed by atoms with van der Waals surface area (Å²) in [5.74, 6) is 0.00268. The lowest BCUT2D eigenvalue weighted by molar-refractivity contribution is -0.133. The topological polar surface area (TPSA) is 76.2 Å². The smallest absolute Gasteiger partial charge is 0.244 e. The Kier molecular flexibility index (Phi) is 6.87. The summed E-state index contributed by atoms with van der Waals surface area (Å²) in [5.41, 5.74) is 1.43. The molecular formula is C23H33N5O3. The molecule has 1 N–H and O–H groups in total. The second kappa shape index (κ2) is 9.78. The highest BCUT2D eigenvalue weighted by atomic mass is 16.2. The third-order valence-corrected chi connectivity index (χ3v) is 6.67. The molecule has 2 fully saturated rings. The van der Waals surface area contributed by atoms with Gasteiger partial charge >= 0.3 is 0 Å². The van der Waals surface area contributed by atoms with Gasteiger partial charge in [-0.1, -0.05) is 25.0 Å². The lowest BCUT2D eigenvalue weighted by atomic mass is 10.1. The number of carbonyl (C=O) groups excluding carboxylic acids is 3. The van der Waals surface area contributed by atoms with Crippen molar-refractivity contribution in [2.45, 2.75) is 38.6 Å². The number of hydrogen-bond donors (Lipinski definition) is 1. The van der Waals surface area contributed by atoms with Gasteiger partial charge < -0.3 is 10.2 Å². The third-order valence-electron chi connectivity index (χ3n) is 6.67. The summed E-state index contributed by atoms with van der Waals surface area (Å²) in [6.45, 7) is 7.21. The van der Waals surface area contributed by atoms with Crippen molar-refractivity contribution in [3.8, 4) is 0 Å². The summed E-state index contributed by atoms with van der Waals surface area (Å²) in [7, 11) is 0. The number of benzene rings is 1. The van der Waals surface area contributed by atoms with E-state index in [2.05, 4.69) is 15.1 Å². The number of rotatable bonds is 4. The van der Waals surface area contributed by atoms with Crippen LogP contribution in [0.1, 0.15) is 32.6 Å². The van der Waals surface area contributed by atoms with Crippen LogP contribution in [-0.2, 0) is 14.4 Å². The molecule has 0 saturated carbocycles. The summed E-state index contributed by atoms with van der Waals surface area (Å²) < 4.78 is 0. The number of para-hydroxylation sites is 2. The fraction of sp³-hybridized carbons (Fsp3) is 0.609. The van der Waals surface area contributed by atoms with Crippen LogP contribution < -0.4 is 10.2 Å². The first kappa shape index (κ1) is 21.8. The zero-order valence-electron chi connectivity index (χ0n) is 18.4. The number of nitrogens with zero attached hydrogens (tertiary/aromatic N) is 4. The lowest BCUT2D eigenvalue weighted by Gasteiger charge is -2.40. The van der Waals surface area contributed by atoms with Gasteiger partial charge in [-0.05, 0) is 31.9 Å². The fourth-order valence-corrected chi connectivity index (χ4v) is 4.73. The molecule has 4 rings (SSSR count). The molecule has 8 nitrogen and oxygen atoms in total. The highest BCUT2D eigenvalue weighted by Crippen LogP contribution is 2.29. The third kappa shape index (κ3) is 5.07. The first-order chi connectivity index (χ1) is 15.0. The highest BCUT2D eigenvalue weighted by molar-refractivity contribution is 6.11. The zero-order chi connectivity index (χ0) is 21.8. The predicted octanol–water partition coefficient (Wildman–Crippen LogP) is 1.38. The van der Waals surface area contributed by atoms with E-state index < -0.39 is 0 Å². The molecule has 0 aliphatic carbocycles. The van der Waals surface area contributed by atoms with Gasteiger partial charge in [0.15, 0.2) is 0 Å². The Morgan fingerprint density at radius 3 is 2.35 bits per heavy atom. The van der Waals surface area contributed by atoms with Gasteiger partial charge in [-0.3, -0.25) is 29.1 Å². The zero-order valence-corrected chi connectivity index (χ0v) is 18.4. The normalized spacial score (nSPS) is 21.8. The lowest BCUT2D eigenvalue weighted by Crippen LogP contribution is -2.57. The van der Waals surface area contributed by atoms with E-state index in [9.17, 15) is 14.4 Å². The van der Waals surface area contributed by atoms with E-state index in [0.29, 0.717) is 12.2 Å². The number of piperazine rings is 1. The number of carbonyl (C=O) groups is 3. The molecular weight excluding hydrogens is 394 g/mol. The van der Waals surface area contributed by atoms with Crippen molar-refractivity contribution in [2.24, 2.45) is 0 Å². The maximum absolute atomic E-state index is 13.2. The molecule has 3 aliphatic rings. The minimum absolute atomic E-state index is 0.0461. The predicted molar refractivity (Wildman–Crippen MR) is 120 cm³/mol. The van der Waals surface area contributed by atoms with E-state index in [1.165, 1.54) is 12.8 Å². The molecule has 1 atom stereocenters. The van der Waals surface area contributed by atoms with Gasteiger partial charge in [-0.2, -0.15) is 0 Å². The Morgan fingerprint density at radius 2 is 1.65 bits per heavy atom. The first-order valence-corrected chi connectivity index (χ1v) is 11.5. The maximum Gasteiger partial charge on any atom is 0.244 e. The summed E-state index contributed by atoms with van der Waals surface area (Å²) in [4.78, 5) is 45.9. The van der Waals surface area contributed by atoms with E-state index >= 15 is 0 Å². The maximum atomic E-state index is 13.2. The van der Waals surface area contributed by atoms with E-state index in [1.54, 1.807) is 4.90 Å². The Labute approximate surface area is 184 Å². The van der Waals surface area contributed by atoms with Crippen LogP contribution >= 0.6 is 0 Å². The highest BCUT2D eigenvalue weighted by Gasteiger charge is 2.33. The second-order valence-corrected chi connectivity index (χ2v) is 8.77. The molecule has 1 aromatic rings. The number of hydrogen-bond acceptors (Lipinski definition) is 5. The average molecular weight is 428 g/mol. The van der Waals surface area contributed by atoms with Gasteiger partial charge in [0.05, 0.1) is 24.0 Å². The van der Waals surface area contributed by atoms with Gasteiger partial charge in [-0.15, -0.1) is 0 Å². The van der Waals surface area contributed by atoms with E-state index in [0.717, 1.165) is 57.8 Å². The number of nitrogens with one attached hydrogen (secondary N) is 1. The molecule has 31 heavy (non-hydrogen) atoms. The van der Waals surface area contributed by atoms with Crippen LogP contribution in [0.15, 0.2) is 24.3 Å². The van der Waals surface area contributed by atoms with Crippen molar-refractivity contribution in [3.05, 3.63) is 24.3 Å². The van der Waals surface area contributed by atoms with Crippen LogP contribution in [0, 0.1) is 0 Å². The Bertz CT molecular complexity index is 813. The van der Waals surface area contributed by atoms with E-state index in [1.807, 2.05) is 36.1 Å². The Morgan fingerprint density at radius 1 is 0.968 bits per heavy atom. The van der Waals surface area contributed by atoms with Crippen molar-refractivity contribution in [2.75, 3.05) is 62.6 Å². The van der Waals surface area contributed by atoms with Crippen molar-refractivity contribution in [3.63, 3.8) is 0 Å². The van der Waals surface area contributed by atoms with E-state index in [4.69, 9.17) is 0 Å². The SMILES string of the molecule is CC(C(=O)N1CC(=O)Nc2ccccc21)N1CCN(CC(=O)N2CCCCCC2)CC1.